The molecule has 0 spiro atoms. The zero-order valence-electron chi connectivity index (χ0n) is 6.65. The molecule has 0 bridgehead atoms. The molecule has 2 heteroatoms. The van der Waals surface area contributed by atoms with Crippen LogP contribution < -0.4 is 11.5 Å². The summed E-state index contributed by atoms with van der Waals surface area (Å²) in [5.74, 6) is 0. The highest BCUT2D eigenvalue weighted by molar-refractivity contribution is 5.17. The maximum absolute atomic E-state index is 5.74. The minimum Gasteiger partial charge on any atom is -0.402 e. The highest BCUT2D eigenvalue weighted by Crippen LogP contribution is 2.12. The second-order valence-corrected chi connectivity index (χ2v) is 3.03. The van der Waals surface area contributed by atoms with Gasteiger partial charge in [-0.15, -0.1) is 0 Å². The van der Waals surface area contributed by atoms with Crippen molar-refractivity contribution >= 4 is 0 Å². The van der Waals surface area contributed by atoms with Crippen molar-refractivity contribution in [1.82, 2.24) is 0 Å². The van der Waals surface area contributed by atoms with E-state index in [1.165, 1.54) is 0 Å². The predicted molar refractivity (Wildman–Crippen MR) is 40.8 cm³/mol. The van der Waals surface area contributed by atoms with E-state index < -0.39 is 0 Å². The van der Waals surface area contributed by atoms with Crippen LogP contribution in [0.1, 0.15) is 27.7 Å². The van der Waals surface area contributed by atoms with Gasteiger partial charge in [0.2, 0.25) is 0 Å². The Labute approximate surface area is 56.9 Å². The normalized spacial score (nSPS) is 15.2. The first kappa shape index (κ1) is 8.50. The van der Waals surface area contributed by atoms with Crippen LogP contribution in [-0.2, 0) is 0 Å². The Morgan fingerprint density at radius 1 is 1.22 bits per heavy atom. The van der Waals surface area contributed by atoms with E-state index in [0.29, 0.717) is 0 Å². The highest BCUT2D eigenvalue weighted by atomic mass is 14.7. The number of hydrogen-bond donors (Lipinski definition) is 2. The quantitative estimate of drug-likeness (QED) is 0.553. The van der Waals surface area contributed by atoms with Gasteiger partial charge in [0.05, 0.1) is 0 Å². The van der Waals surface area contributed by atoms with Crippen molar-refractivity contribution in [3.05, 3.63) is 11.3 Å². The van der Waals surface area contributed by atoms with Gasteiger partial charge in [-0.1, -0.05) is 0 Å². The fraction of sp³-hybridized carbons (Fsp3) is 0.714. The fourth-order valence-electron chi connectivity index (χ4n) is 0.508. The maximum atomic E-state index is 5.74. The first-order valence-corrected chi connectivity index (χ1v) is 3.08. The van der Waals surface area contributed by atoms with Gasteiger partial charge in [-0.05, 0) is 33.3 Å². The summed E-state index contributed by atoms with van der Waals surface area (Å²) in [6.07, 6.45) is 0. The van der Waals surface area contributed by atoms with Crippen molar-refractivity contribution in [2.45, 2.75) is 33.2 Å². The molecular formula is C7H16N2. The summed E-state index contributed by atoms with van der Waals surface area (Å²) >= 11 is 0. The minimum absolute atomic E-state index is 0.265. The van der Waals surface area contributed by atoms with Crippen LogP contribution in [0.5, 0.6) is 0 Å². The Bertz CT molecular complexity index is 124. The lowest BCUT2D eigenvalue weighted by molar-refractivity contribution is 0.603. The summed E-state index contributed by atoms with van der Waals surface area (Å²) in [7, 11) is 0. The second kappa shape index (κ2) is 2.40. The largest absolute Gasteiger partial charge is 0.402 e. The molecule has 0 rings (SSSR count). The summed E-state index contributed by atoms with van der Waals surface area (Å²) in [6.45, 7) is 7.71. The van der Waals surface area contributed by atoms with E-state index >= 15 is 0 Å². The smallest absolute Gasteiger partial charge is 0.0328 e. The zero-order chi connectivity index (χ0) is 7.65. The fourth-order valence-corrected chi connectivity index (χ4v) is 0.508. The van der Waals surface area contributed by atoms with Gasteiger partial charge < -0.3 is 11.5 Å². The molecule has 9 heavy (non-hydrogen) atoms. The minimum atomic E-state index is -0.265. The first-order chi connectivity index (χ1) is 3.85. The molecule has 0 aromatic rings. The molecule has 0 fully saturated rings. The Kier molecular flexibility index (Phi) is 2.26. The standard InChI is InChI=1S/C7H16N2/c1-5(6(2)8)7(3,4)9/h8-9H2,1-4H3. The zero-order valence-corrected chi connectivity index (χ0v) is 6.65. The van der Waals surface area contributed by atoms with Gasteiger partial charge in [0.15, 0.2) is 0 Å². The third-order valence-corrected chi connectivity index (χ3v) is 1.56. The van der Waals surface area contributed by atoms with Crippen LogP contribution in [0.15, 0.2) is 11.3 Å². The topological polar surface area (TPSA) is 52.0 Å². The molecule has 0 amide bonds. The highest BCUT2D eigenvalue weighted by Gasteiger charge is 2.13. The van der Waals surface area contributed by atoms with Gasteiger partial charge in [0, 0.05) is 11.2 Å². The molecule has 0 atom stereocenters. The molecule has 0 radical (unpaired) electrons. The number of nitrogens with two attached hydrogens (primary N) is 2. The van der Waals surface area contributed by atoms with Crippen molar-refractivity contribution in [1.29, 1.82) is 0 Å². The van der Waals surface area contributed by atoms with Crippen molar-refractivity contribution in [2.24, 2.45) is 11.5 Å². The third kappa shape index (κ3) is 2.51. The molecule has 0 saturated carbocycles. The monoisotopic (exact) mass is 128 g/mol. The van der Waals surface area contributed by atoms with E-state index in [2.05, 4.69) is 0 Å². The summed E-state index contributed by atoms with van der Waals surface area (Å²) in [4.78, 5) is 0. The van der Waals surface area contributed by atoms with Crippen LogP contribution in [0.4, 0.5) is 0 Å². The van der Waals surface area contributed by atoms with Gasteiger partial charge >= 0.3 is 0 Å². The summed E-state index contributed by atoms with van der Waals surface area (Å²) in [5.41, 5.74) is 12.9. The van der Waals surface area contributed by atoms with Gasteiger partial charge in [0.25, 0.3) is 0 Å². The number of hydrogen-bond acceptors (Lipinski definition) is 2. The van der Waals surface area contributed by atoms with Crippen LogP contribution in [0.3, 0.4) is 0 Å². The average Bonchev–Trinajstić information content (AvgIpc) is 1.62. The lowest BCUT2D eigenvalue weighted by Gasteiger charge is -2.20. The van der Waals surface area contributed by atoms with Gasteiger partial charge in [0.1, 0.15) is 0 Å². The van der Waals surface area contributed by atoms with Crippen LogP contribution in [-0.4, -0.2) is 5.54 Å². The summed E-state index contributed by atoms with van der Waals surface area (Å²) in [5, 5.41) is 0. The lowest BCUT2D eigenvalue weighted by Crippen LogP contribution is -2.34. The predicted octanol–water partition coefficient (Wildman–Crippen LogP) is 0.976. The van der Waals surface area contributed by atoms with Crippen LogP contribution in [0.2, 0.25) is 0 Å². The molecule has 0 aliphatic heterocycles. The Balaban J connectivity index is 4.40. The molecule has 0 aliphatic rings. The van der Waals surface area contributed by atoms with Crippen molar-refractivity contribution in [2.75, 3.05) is 0 Å². The van der Waals surface area contributed by atoms with Crippen molar-refractivity contribution in [3.63, 3.8) is 0 Å². The third-order valence-electron chi connectivity index (χ3n) is 1.56. The van der Waals surface area contributed by atoms with E-state index in [9.17, 15) is 0 Å². The molecule has 4 N–H and O–H groups in total. The molecular weight excluding hydrogens is 112 g/mol. The molecule has 54 valence electrons. The molecule has 0 aliphatic carbocycles. The number of allylic oxidation sites excluding steroid dienone is 1. The van der Waals surface area contributed by atoms with Crippen molar-refractivity contribution in [3.8, 4) is 0 Å². The molecule has 0 unspecified atom stereocenters. The average molecular weight is 128 g/mol. The molecule has 0 aromatic carbocycles. The SMILES string of the molecule is CC(N)=C(C)C(C)(C)N. The Morgan fingerprint density at radius 3 is 1.56 bits per heavy atom. The van der Waals surface area contributed by atoms with Gasteiger partial charge in [-0.3, -0.25) is 0 Å². The van der Waals surface area contributed by atoms with E-state index in [1.807, 2.05) is 27.7 Å². The molecule has 0 aromatic heterocycles. The Morgan fingerprint density at radius 2 is 1.56 bits per heavy atom. The van der Waals surface area contributed by atoms with Crippen LogP contribution in [0, 0.1) is 0 Å². The maximum Gasteiger partial charge on any atom is 0.0328 e. The first-order valence-electron chi connectivity index (χ1n) is 3.08. The summed E-state index contributed by atoms with van der Waals surface area (Å²) in [6, 6.07) is 0. The van der Waals surface area contributed by atoms with E-state index in [-0.39, 0.29) is 5.54 Å². The van der Waals surface area contributed by atoms with Gasteiger partial charge in [-0.25, -0.2) is 0 Å². The summed E-state index contributed by atoms with van der Waals surface area (Å²) < 4.78 is 0. The Hall–Kier alpha value is -0.500. The van der Waals surface area contributed by atoms with E-state index in [1.54, 1.807) is 0 Å². The molecule has 0 saturated heterocycles. The van der Waals surface area contributed by atoms with Crippen LogP contribution in [0.25, 0.3) is 0 Å². The van der Waals surface area contributed by atoms with E-state index in [0.717, 1.165) is 11.3 Å². The molecule has 0 heterocycles. The van der Waals surface area contributed by atoms with E-state index in [4.69, 9.17) is 11.5 Å². The lowest BCUT2D eigenvalue weighted by atomic mass is 9.96. The molecule has 2 nitrogen and oxygen atoms in total. The van der Waals surface area contributed by atoms with Gasteiger partial charge in [-0.2, -0.15) is 0 Å². The second-order valence-electron chi connectivity index (χ2n) is 3.03. The van der Waals surface area contributed by atoms with Crippen LogP contribution >= 0.6 is 0 Å². The number of rotatable bonds is 1. The van der Waals surface area contributed by atoms with Crippen molar-refractivity contribution < 1.29 is 0 Å².